The van der Waals surface area contributed by atoms with Crippen molar-refractivity contribution in [2.75, 3.05) is 11.5 Å². The van der Waals surface area contributed by atoms with Gasteiger partial charge in [-0.2, -0.15) is 0 Å². The van der Waals surface area contributed by atoms with Gasteiger partial charge in [0.1, 0.15) is 0 Å². The maximum Gasteiger partial charge on any atom is 0.0727 e. The first-order valence-corrected chi connectivity index (χ1v) is 9.74. The number of fused-ring (bicyclic) bond motifs is 3. The third-order valence-corrected chi connectivity index (χ3v) is 6.49. The van der Waals surface area contributed by atoms with E-state index in [1.54, 1.807) is 0 Å². The van der Waals surface area contributed by atoms with E-state index in [9.17, 15) is 1.37 Å². The molecule has 0 bridgehead atoms. The Hall–Kier alpha value is -2.58. The molecule has 2 nitrogen and oxygen atoms in total. The van der Waals surface area contributed by atoms with Crippen molar-refractivity contribution in [1.82, 2.24) is 4.90 Å². The topological polar surface area (TPSA) is 6.48 Å². The highest BCUT2D eigenvalue weighted by Gasteiger charge is 2.54. The summed E-state index contributed by atoms with van der Waals surface area (Å²) in [6.07, 6.45) is 0. The fourth-order valence-electron chi connectivity index (χ4n) is 5.04. The largest absolute Gasteiger partial charge is 0.354 e. The SMILES string of the molecule is [2H]C1N(c2ccccc2C)[C@@H](C)C2c3ccccc3C(C)(c3ccccc3)N21. The van der Waals surface area contributed by atoms with Crippen molar-refractivity contribution in [1.29, 1.82) is 0 Å². The highest BCUT2D eigenvalue weighted by molar-refractivity contribution is 5.58. The van der Waals surface area contributed by atoms with Crippen LogP contribution in [0.3, 0.4) is 0 Å². The predicted octanol–water partition coefficient (Wildman–Crippen LogP) is 5.48. The molecule has 0 saturated carbocycles. The Balaban J connectivity index is 1.72. The smallest absolute Gasteiger partial charge is 0.0727 e. The van der Waals surface area contributed by atoms with Crippen LogP contribution in [0.25, 0.3) is 0 Å². The second kappa shape index (κ2) is 5.97. The van der Waals surface area contributed by atoms with Gasteiger partial charge in [-0.05, 0) is 49.1 Å². The zero-order valence-corrected chi connectivity index (χ0v) is 16.1. The molecule has 0 N–H and O–H groups in total. The molecule has 0 aliphatic carbocycles. The molecule has 1 saturated heterocycles. The standard InChI is InChI=1S/C25H26N2/c1-18-11-7-10-16-23(18)26-17-27-24(19(26)2)21-14-8-9-15-22(21)25(27,3)20-12-5-4-6-13-20/h4-16,19,24H,17H2,1-3H3/t19-,24?,25?/m0/s1/i17D/t17?,19-,24?,25?. The molecule has 2 aliphatic rings. The van der Waals surface area contributed by atoms with Crippen LogP contribution in [0.4, 0.5) is 5.69 Å². The molecule has 2 heteroatoms. The van der Waals surface area contributed by atoms with Crippen LogP contribution in [-0.4, -0.2) is 17.6 Å². The monoisotopic (exact) mass is 355 g/mol. The van der Waals surface area contributed by atoms with Crippen molar-refractivity contribution in [3.05, 3.63) is 101 Å². The zero-order chi connectivity index (χ0) is 19.5. The lowest BCUT2D eigenvalue weighted by Gasteiger charge is -2.36. The lowest BCUT2D eigenvalue weighted by molar-refractivity contribution is 0.150. The molecule has 0 spiro atoms. The normalized spacial score (nSPS) is 30.1. The summed E-state index contributed by atoms with van der Waals surface area (Å²) in [5.41, 5.74) is 6.01. The number of anilines is 1. The van der Waals surface area contributed by atoms with Crippen molar-refractivity contribution in [3.8, 4) is 0 Å². The van der Waals surface area contributed by atoms with Gasteiger partial charge in [-0.25, -0.2) is 0 Å². The molecule has 0 amide bonds. The van der Waals surface area contributed by atoms with Crippen molar-refractivity contribution in [3.63, 3.8) is 0 Å². The minimum Gasteiger partial charge on any atom is -0.354 e. The van der Waals surface area contributed by atoms with Gasteiger partial charge < -0.3 is 4.90 Å². The van der Waals surface area contributed by atoms with E-state index < -0.39 is 6.64 Å². The van der Waals surface area contributed by atoms with E-state index in [0.29, 0.717) is 0 Å². The molecular formula is C25H26N2. The number of nitrogens with zero attached hydrogens (tertiary/aromatic N) is 2. The van der Waals surface area contributed by atoms with Crippen molar-refractivity contribution in [2.45, 2.75) is 38.4 Å². The molecule has 5 rings (SSSR count). The quantitative estimate of drug-likeness (QED) is 0.600. The lowest BCUT2D eigenvalue weighted by Crippen LogP contribution is -2.41. The fourth-order valence-corrected chi connectivity index (χ4v) is 5.04. The summed E-state index contributed by atoms with van der Waals surface area (Å²) in [4.78, 5) is 4.70. The van der Waals surface area contributed by atoms with Crippen LogP contribution in [0.1, 0.15) is 43.5 Å². The highest BCUT2D eigenvalue weighted by Crippen LogP contribution is 2.55. The first kappa shape index (κ1) is 15.5. The van der Waals surface area contributed by atoms with Gasteiger partial charge in [-0.1, -0.05) is 72.8 Å². The van der Waals surface area contributed by atoms with Crippen molar-refractivity contribution < 1.29 is 1.37 Å². The summed E-state index contributed by atoms with van der Waals surface area (Å²) >= 11 is 0. The Morgan fingerprint density at radius 3 is 2.37 bits per heavy atom. The Bertz CT molecular complexity index is 1020. The van der Waals surface area contributed by atoms with Gasteiger partial charge in [0, 0.05) is 11.7 Å². The van der Waals surface area contributed by atoms with Gasteiger partial charge in [0.05, 0.1) is 19.6 Å². The minimum atomic E-state index is -0.446. The molecule has 4 atom stereocenters. The van der Waals surface area contributed by atoms with Crippen molar-refractivity contribution in [2.24, 2.45) is 0 Å². The molecule has 3 unspecified atom stereocenters. The number of para-hydroxylation sites is 1. The minimum absolute atomic E-state index is 0.198. The van der Waals surface area contributed by atoms with Crippen LogP contribution >= 0.6 is 0 Å². The second-order valence-corrected chi connectivity index (χ2v) is 7.93. The third-order valence-electron chi connectivity index (χ3n) is 6.49. The third kappa shape index (κ3) is 2.23. The highest BCUT2D eigenvalue weighted by atomic mass is 15.5. The molecule has 2 heterocycles. The van der Waals surface area contributed by atoms with Crippen LogP contribution in [0.2, 0.25) is 0 Å². The van der Waals surface area contributed by atoms with E-state index in [1.165, 1.54) is 22.3 Å². The first-order chi connectivity index (χ1) is 13.5. The number of benzene rings is 3. The summed E-state index contributed by atoms with van der Waals surface area (Å²) in [5, 5.41) is 0. The van der Waals surface area contributed by atoms with Gasteiger partial charge >= 0.3 is 0 Å². The summed E-state index contributed by atoms with van der Waals surface area (Å²) in [7, 11) is 0. The van der Waals surface area contributed by atoms with Crippen LogP contribution in [0.15, 0.2) is 78.9 Å². The summed E-state index contributed by atoms with van der Waals surface area (Å²) in [5.74, 6) is 0. The van der Waals surface area contributed by atoms with Crippen LogP contribution in [-0.2, 0) is 5.54 Å². The summed E-state index contributed by atoms with van der Waals surface area (Å²) < 4.78 is 9.31. The van der Waals surface area contributed by atoms with Crippen LogP contribution in [0, 0.1) is 6.92 Å². The van der Waals surface area contributed by atoms with Gasteiger partial charge in [0.15, 0.2) is 0 Å². The zero-order valence-electron chi connectivity index (χ0n) is 17.1. The molecule has 0 radical (unpaired) electrons. The average Bonchev–Trinajstić information content (AvgIpc) is 3.15. The van der Waals surface area contributed by atoms with Crippen LogP contribution < -0.4 is 4.90 Å². The molecule has 3 aromatic carbocycles. The average molecular weight is 356 g/mol. The molecule has 0 aromatic heterocycles. The van der Waals surface area contributed by atoms with Crippen LogP contribution in [0.5, 0.6) is 0 Å². The number of aryl methyl sites for hydroxylation is 1. The maximum atomic E-state index is 9.31. The Morgan fingerprint density at radius 1 is 0.926 bits per heavy atom. The van der Waals surface area contributed by atoms with Gasteiger partial charge in [0.2, 0.25) is 0 Å². The van der Waals surface area contributed by atoms with E-state index in [4.69, 9.17) is 0 Å². The molecule has 2 aliphatic heterocycles. The number of rotatable bonds is 2. The molecule has 27 heavy (non-hydrogen) atoms. The Kier molecular flexibility index (Phi) is 3.42. The van der Waals surface area contributed by atoms with E-state index in [2.05, 4.69) is 109 Å². The summed E-state index contributed by atoms with van der Waals surface area (Å²) in [6, 6.07) is 28.3. The van der Waals surface area contributed by atoms with E-state index in [0.717, 1.165) is 5.69 Å². The van der Waals surface area contributed by atoms with Gasteiger partial charge in [-0.15, -0.1) is 0 Å². The van der Waals surface area contributed by atoms with Crippen molar-refractivity contribution >= 4 is 5.69 Å². The van der Waals surface area contributed by atoms with Gasteiger partial charge in [-0.3, -0.25) is 4.90 Å². The van der Waals surface area contributed by atoms with E-state index in [-0.39, 0.29) is 17.6 Å². The molecule has 136 valence electrons. The molecular weight excluding hydrogens is 328 g/mol. The lowest BCUT2D eigenvalue weighted by atomic mass is 9.84. The Labute approximate surface area is 163 Å². The Morgan fingerprint density at radius 2 is 1.59 bits per heavy atom. The van der Waals surface area contributed by atoms with E-state index >= 15 is 0 Å². The summed E-state index contributed by atoms with van der Waals surface area (Å²) in [6.45, 7) is 6.25. The molecule has 1 fully saturated rings. The predicted molar refractivity (Wildman–Crippen MR) is 112 cm³/mol. The number of hydrogen-bond donors (Lipinski definition) is 0. The fraction of sp³-hybridized carbons (Fsp3) is 0.280. The van der Waals surface area contributed by atoms with E-state index in [1.807, 2.05) is 0 Å². The number of hydrogen-bond acceptors (Lipinski definition) is 2. The van der Waals surface area contributed by atoms with Gasteiger partial charge in [0.25, 0.3) is 0 Å². The first-order valence-electron chi connectivity index (χ1n) is 10.3. The molecule has 3 aromatic rings. The maximum absolute atomic E-state index is 9.31. The second-order valence-electron chi connectivity index (χ2n) is 7.93.